The van der Waals surface area contributed by atoms with Crippen LogP contribution in [0.1, 0.15) is 17.4 Å². The van der Waals surface area contributed by atoms with Crippen LogP contribution in [-0.4, -0.2) is 16.1 Å². The van der Waals surface area contributed by atoms with Crippen LogP contribution in [0.25, 0.3) is 0 Å². The van der Waals surface area contributed by atoms with Crippen LogP contribution in [0.3, 0.4) is 0 Å². The molecule has 1 aromatic heterocycles. The Morgan fingerprint density at radius 3 is 2.50 bits per heavy atom. The Labute approximate surface area is 94.9 Å². The molecule has 16 heavy (non-hydrogen) atoms. The molecule has 0 aliphatic rings. The molecule has 3 heteroatoms. The predicted octanol–water partition coefficient (Wildman–Crippen LogP) is 1.62. The Hall–Kier alpha value is -1.58. The van der Waals surface area contributed by atoms with E-state index in [0.717, 1.165) is 11.3 Å². The Kier molecular flexibility index (Phi) is 3.39. The first-order valence-electron chi connectivity index (χ1n) is 5.38. The molecule has 0 amide bonds. The lowest BCUT2D eigenvalue weighted by Gasteiger charge is -2.17. The third-order valence-corrected chi connectivity index (χ3v) is 2.66. The molecule has 1 heterocycles. The van der Waals surface area contributed by atoms with Gasteiger partial charge < -0.3 is 15.8 Å². The first kappa shape index (κ1) is 10.9. The highest BCUT2D eigenvalue weighted by Crippen LogP contribution is 2.16. The highest BCUT2D eigenvalue weighted by atomic mass is 16.3. The zero-order valence-corrected chi connectivity index (χ0v) is 9.01. The van der Waals surface area contributed by atoms with Gasteiger partial charge >= 0.3 is 0 Å². The molecular formula is C13H16N2O. The summed E-state index contributed by atoms with van der Waals surface area (Å²) in [5.41, 5.74) is 7.88. The van der Waals surface area contributed by atoms with Crippen LogP contribution >= 0.6 is 0 Å². The maximum Gasteiger partial charge on any atom is 0.109 e. The quantitative estimate of drug-likeness (QED) is 0.727. The van der Waals surface area contributed by atoms with Gasteiger partial charge in [-0.15, -0.1) is 0 Å². The fourth-order valence-electron chi connectivity index (χ4n) is 1.76. The molecule has 0 aliphatic heterocycles. The molecule has 2 unspecified atom stereocenters. The minimum atomic E-state index is -0.643. The van der Waals surface area contributed by atoms with Crippen LogP contribution < -0.4 is 5.73 Å². The number of nitrogens with one attached hydrogen (secondary N) is 1. The van der Waals surface area contributed by atoms with Gasteiger partial charge in [-0.05, 0) is 24.1 Å². The van der Waals surface area contributed by atoms with E-state index >= 15 is 0 Å². The number of aromatic amines is 1. The molecule has 1 aromatic carbocycles. The number of hydrogen-bond donors (Lipinski definition) is 3. The van der Waals surface area contributed by atoms with Crippen LogP contribution in [0.4, 0.5) is 0 Å². The molecule has 0 saturated heterocycles. The second kappa shape index (κ2) is 4.96. The summed E-state index contributed by atoms with van der Waals surface area (Å²) >= 11 is 0. The molecule has 0 saturated carbocycles. The fraction of sp³-hybridized carbons (Fsp3) is 0.231. The number of H-pyrrole nitrogens is 1. The number of aromatic nitrogens is 1. The number of benzene rings is 1. The SMILES string of the molecule is NC(Cc1ccccc1)C(O)c1ccc[nH]1. The van der Waals surface area contributed by atoms with Crippen molar-refractivity contribution in [2.45, 2.75) is 18.6 Å². The van der Waals surface area contributed by atoms with Crippen molar-refractivity contribution in [1.29, 1.82) is 0 Å². The van der Waals surface area contributed by atoms with Crippen molar-refractivity contribution in [3.05, 3.63) is 59.9 Å². The third-order valence-electron chi connectivity index (χ3n) is 2.66. The van der Waals surface area contributed by atoms with E-state index in [1.807, 2.05) is 42.5 Å². The smallest absolute Gasteiger partial charge is 0.109 e. The van der Waals surface area contributed by atoms with E-state index in [1.54, 1.807) is 6.20 Å². The molecule has 2 rings (SSSR count). The molecule has 0 bridgehead atoms. The molecular weight excluding hydrogens is 200 g/mol. The Morgan fingerprint density at radius 1 is 1.12 bits per heavy atom. The number of nitrogens with two attached hydrogens (primary N) is 1. The maximum absolute atomic E-state index is 9.98. The van der Waals surface area contributed by atoms with Crippen molar-refractivity contribution in [1.82, 2.24) is 4.98 Å². The zero-order chi connectivity index (χ0) is 11.4. The van der Waals surface area contributed by atoms with Crippen molar-refractivity contribution in [2.75, 3.05) is 0 Å². The lowest BCUT2D eigenvalue weighted by molar-refractivity contribution is 0.142. The van der Waals surface area contributed by atoms with Crippen LogP contribution in [0.2, 0.25) is 0 Å². The summed E-state index contributed by atoms with van der Waals surface area (Å²) in [6.07, 6.45) is 1.81. The standard InChI is InChI=1S/C13H16N2O/c14-11(9-10-5-2-1-3-6-10)13(16)12-7-4-8-15-12/h1-8,11,13,15-16H,9,14H2. The Balaban J connectivity index is 2.01. The predicted molar refractivity (Wildman–Crippen MR) is 63.9 cm³/mol. The van der Waals surface area contributed by atoms with Gasteiger partial charge in [0.25, 0.3) is 0 Å². The van der Waals surface area contributed by atoms with Crippen LogP contribution in [0, 0.1) is 0 Å². The number of hydrogen-bond acceptors (Lipinski definition) is 2. The minimum absolute atomic E-state index is 0.291. The van der Waals surface area contributed by atoms with Crippen LogP contribution in [0.15, 0.2) is 48.7 Å². The highest BCUT2D eigenvalue weighted by Gasteiger charge is 2.17. The van der Waals surface area contributed by atoms with E-state index in [2.05, 4.69) is 4.98 Å². The normalized spacial score (nSPS) is 14.6. The summed E-state index contributed by atoms with van der Waals surface area (Å²) in [4.78, 5) is 2.97. The lowest BCUT2D eigenvalue weighted by Crippen LogP contribution is -2.30. The summed E-state index contributed by atoms with van der Waals surface area (Å²) < 4.78 is 0. The van der Waals surface area contributed by atoms with Gasteiger partial charge in [-0.3, -0.25) is 0 Å². The van der Waals surface area contributed by atoms with E-state index in [9.17, 15) is 5.11 Å². The van der Waals surface area contributed by atoms with Crippen molar-refractivity contribution in [3.63, 3.8) is 0 Å². The van der Waals surface area contributed by atoms with Gasteiger partial charge in [-0.1, -0.05) is 30.3 Å². The van der Waals surface area contributed by atoms with Crippen LogP contribution in [-0.2, 0) is 6.42 Å². The maximum atomic E-state index is 9.98. The van der Waals surface area contributed by atoms with Gasteiger partial charge in [0, 0.05) is 17.9 Å². The van der Waals surface area contributed by atoms with E-state index in [4.69, 9.17) is 5.73 Å². The largest absolute Gasteiger partial charge is 0.385 e. The monoisotopic (exact) mass is 216 g/mol. The molecule has 0 aliphatic carbocycles. The second-order valence-corrected chi connectivity index (χ2v) is 3.92. The fourth-order valence-corrected chi connectivity index (χ4v) is 1.76. The molecule has 2 atom stereocenters. The highest BCUT2D eigenvalue weighted by molar-refractivity contribution is 5.17. The first-order valence-corrected chi connectivity index (χ1v) is 5.38. The Bertz CT molecular complexity index is 411. The van der Waals surface area contributed by atoms with E-state index in [0.29, 0.717) is 6.42 Å². The molecule has 0 spiro atoms. The van der Waals surface area contributed by atoms with Gasteiger partial charge in [0.1, 0.15) is 6.10 Å². The van der Waals surface area contributed by atoms with E-state index in [1.165, 1.54) is 0 Å². The van der Waals surface area contributed by atoms with Gasteiger partial charge in [-0.2, -0.15) is 0 Å². The average molecular weight is 216 g/mol. The summed E-state index contributed by atoms with van der Waals surface area (Å²) in [6, 6.07) is 13.4. The Morgan fingerprint density at radius 2 is 1.88 bits per heavy atom. The van der Waals surface area contributed by atoms with Crippen molar-refractivity contribution in [2.24, 2.45) is 5.73 Å². The summed E-state index contributed by atoms with van der Waals surface area (Å²) in [7, 11) is 0. The van der Waals surface area contributed by atoms with Crippen molar-refractivity contribution in [3.8, 4) is 0 Å². The topological polar surface area (TPSA) is 62.0 Å². The van der Waals surface area contributed by atoms with Gasteiger partial charge in [-0.25, -0.2) is 0 Å². The lowest BCUT2D eigenvalue weighted by atomic mass is 10.0. The third kappa shape index (κ3) is 2.51. The van der Waals surface area contributed by atoms with E-state index in [-0.39, 0.29) is 6.04 Å². The van der Waals surface area contributed by atoms with E-state index < -0.39 is 6.10 Å². The first-order chi connectivity index (χ1) is 7.77. The summed E-state index contributed by atoms with van der Waals surface area (Å²) in [5.74, 6) is 0. The molecule has 0 fully saturated rings. The molecule has 4 N–H and O–H groups in total. The second-order valence-electron chi connectivity index (χ2n) is 3.92. The van der Waals surface area contributed by atoms with Gasteiger partial charge in [0.15, 0.2) is 0 Å². The summed E-state index contributed by atoms with van der Waals surface area (Å²) in [5, 5.41) is 9.98. The number of rotatable bonds is 4. The van der Waals surface area contributed by atoms with Gasteiger partial charge in [0.2, 0.25) is 0 Å². The minimum Gasteiger partial charge on any atom is -0.385 e. The van der Waals surface area contributed by atoms with Crippen LogP contribution in [0.5, 0.6) is 0 Å². The molecule has 2 aromatic rings. The number of aliphatic hydroxyl groups is 1. The number of aliphatic hydroxyl groups excluding tert-OH is 1. The average Bonchev–Trinajstić information content (AvgIpc) is 2.83. The van der Waals surface area contributed by atoms with Crippen molar-refractivity contribution < 1.29 is 5.11 Å². The zero-order valence-electron chi connectivity index (χ0n) is 9.01. The molecule has 3 nitrogen and oxygen atoms in total. The van der Waals surface area contributed by atoms with Gasteiger partial charge in [0.05, 0.1) is 0 Å². The summed E-state index contributed by atoms with van der Waals surface area (Å²) in [6.45, 7) is 0. The van der Waals surface area contributed by atoms with Crippen molar-refractivity contribution >= 4 is 0 Å². The molecule has 0 radical (unpaired) electrons. The molecule has 84 valence electrons.